The number of nitro groups is 1. The minimum absolute atomic E-state index is 0.107. The summed E-state index contributed by atoms with van der Waals surface area (Å²) in [4.78, 5) is 41.6. The van der Waals surface area contributed by atoms with Crippen molar-refractivity contribution in [1.82, 2.24) is 9.88 Å². The first-order valence-electron chi connectivity index (χ1n) is 10.5. The molecular formula is C23H30N4O6. The highest BCUT2D eigenvalue weighted by atomic mass is 16.6. The van der Waals surface area contributed by atoms with E-state index in [0.29, 0.717) is 6.54 Å². The summed E-state index contributed by atoms with van der Waals surface area (Å²) in [6.45, 7) is 13.1. The van der Waals surface area contributed by atoms with Gasteiger partial charge in [0.1, 0.15) is 17.2 Å². The SMILES string of the molecule is CCN(C(=O)Oc1ccc([N+](=O)[O-])cc1-c1cccc(NC(=O)OC(C)(C)C)n1)C(C)(C)C. The maximum atomic E-state index is 12.8. The van der Waals surface area contributed by atoms with Crippen molar-refractivity contribution in [3.63, 3.8) is 0 Å². The zero-order valence-electron chi connectivity index (χ0n) is 20.0. The van der Waals surface area contributed by atoms with Crippen LogP contribution in [0.5, 0.6) is 5.75 Å². The van der Waals surface area contributed by atoms with Gasteiger partial charge in [0.2, 0.25) is 0 Å². The number of hydrogen-bond donors (Lipinski definition) is 1. The summed E-state index contributed by atoms with van der Waals surface area (Å²) in [5, 5.41) is 13.9. The Morgan fingerprint density at radius 1 is 1.12 bits per heavy atom. The van der Waals surface area contributed by atoms with E-state index in [1.54, 1.807) is 39.0 Å². The lowest BCUT2D eigenvalue weighted by molar-refractivity contribution is -0.384. The molecule has 2 aromatic rings. The molecule has 0 atom stereocenters. The van der Waals surface area contributed by atoms with Crippen LogP contribution in [0.25, 0.3) is 11.3 Å². The van der Waals surface area contributed by atoms with Crippen molar-refractivity contribution < 1.29 is 24.0 Å². The third kappa shape index (κ3) is 7.16. The Morgan fingerprint density at radius 3 is 2.33 bits per heavy atom. The molecular weight excluding hydrogens is 428 g/mol. The van der Waals surface area contributed by atoms with Gasteiger partial charge in [-0.25, -0.2) is 14.6 Å². The van der Waals surface area contributed by atoms with Crippen molar-refractivity contribution in [1.29, 1.82) is 0 Å². The molecule has 33 heavy (non-hydrogen) atoms. The van der Waals surface area contributed by atoms with Crippen LogP contribution >= 0.6 is 0 Å². The van der Waals surface area contributed by atoms with Crippen LogP contribution in [0.15, 0.2) is 36.4 Å². The molecule has 178 valence electrons. The lowest BCUT2D eigenvalue weighted by atomic mass is 10.1. The van der Waals surface area contributed by atoms with E-state index >= 15 is 0 Å². The summed E-state index contributed by atoms with van der Waals surface area (Å²) >= 11 is 0. The highest BCUT2D eigenvalue weighted by Gasteiger charge is 2.28. The monoisotopic (exact) mass is 458 g/mol. The first-order chi connectivity index (χ1) is 15.2. The Kier molecular flexibility index (Phi) is 7.63. The molecule has 10 nitrogen and oxygen atoms in total. The van der Waals surface area contributed by atoms with Gasteiger partial charge in [-0.1, -0.05) is 6.07 Å². The summed E-state index contributed by atoms with van der Waals surface area (Å²) in [7, 11) is 0. The number of rotatable bonds is 5. The maximum absolute atomic E-state index is 12.8. The number of benzene rings is 1. The number of ether oxygens (including phenoxy) is 2. The molecule has 1 heterocycles. The topological polar surface area (TPSA) is 124 Å². The van der Waals surface area contributed by atoms with Crippen molar-refractivity contribution in [3.8, 4) is 17.0 Å². The number of carbonyl (C=O) groups excluding carboxylic acids is 2. The second-order valence-electron chi connectivity index (χ2n) is 9.26. The van der Waals surface area contributed by atoms with Crippen LogP contribution in [-0.4, -0.2) is 44.7 Å². The molecule has 0 saturated carbocycles. The molecule has 0 aliphatic heterocycles. The number of pyridine rings is 1. The average Bonchev–Trinajstić information content (AvgIpc) is 2.66. The third-order valence-corrected chi connectivity index (χ3v) is 4.37. The normalized spacial score (nSPS) is 11.5. The van der Waals surface area contributed by atoms with Crippen molar-refractivity contribution >= 4 is 23.7 Å². The van der Waals surface area contributed by atoms with E-state index < -0.39 is 28.2 Å². The molecule has 1 aromatic carbocycles. The van der Waals surface area contributed by atoms with Gasteiger partial charge in [-0.15, -0.1) is 0 Å². The predicted molar refractivity (Wildman–Crippen MR) is 124 cm³/mol. The average molecular weight is 459 g/mol. The molecule has 0 bridgehead atoms. The number of nitrogens with one attached hydrogen (secondary N) is 1. The van der Waals surface area contributed by atoms with Crippen LogP contribution in [0.3, 0.4) is 0 Å². The molecule has 0 aliphatic rings. The summed E-state index contributed by atoms with van der Waals surface area (Å²) < 4.78 is 10.8. The standard InChI is InChI=1S/C23H30N4O6/c1-8-26(22(2,3)4)21(29)32-18-13-12-15(27(30)31)14-16(18)17-10-9-11-19(24-17)25-20(28)33-23(5,6)7/h9-14H,8H2,1-7H3,(H,24,25,28). The largest absolute Gasteiger partial charge is 0.444 e. The Labute approximate surface area is 193 Å². The van der Waals surface area contributed by atoms with Gasteiger partial charge >= 0.3 is 12.2 Å². The van der Waals surface area contributed by atoms with Gasteiger partial charge in [0.25, 0.3) is 5.69 Å². The number of nitro benzene ring substituents is 1. The van der Waals surface area contributed by atoms with E-state index in [4.69, 9.17) is 9.47 Å². The summed E-state index contributed by atoms with van der Waals surface area (Å²) in [5.41, 5.74) is -0.867. The van der Waals surface area contributed by atoms with Crippen LogP contribution in [-0.2, 0) is 4.74 Å². The predicted octanol–water partition coefficient (Wildman–Crippen LogP) is 5.62. The molecule has 10 heteroatoms. The van der Waals surface area contributed by atoms with Gasteiger partial charge in [0.05, 0.1) is 10.6 Å². The Morgan fingerprint density at radius 2 is 1.79 bits per heavy atom. The number of amides is 2. The van der Waals surface area contributed by atoms with Crippen molar-refractivity contribution in [2.75, 3.05) is 11.9 Å². The quantitative estimate of drug-likeness (QED) is 0.455. The second kappa shape index (κ2) is 9.85. The summed E-state index contributed by atoms with van der Waals surface area (Å²) in [5.74, 6) is 0.283. The zero-order chi connectivity index (χ0) is 25.0. The Balaban J connectivity index is 2.44. The minimum Gasteiger partial charge on any atom is -0.444 e. The smallest absolute Gasteiger partial charge is 0.415 e. The van der Waals surface area contributed by atoms with Crippen molar-refractivity contribution in [2.45, 2.75) is 59.6 Å². The molecule has 0 spiro atoms. The van der Waals surface area contributed by atoms with Crippen molar-refractivity contribution in [3.05, 3.63) is 46.5 Å². The van der Waals surface area contributed by atoms with E-state index in [2.05, 4.69) is 10.3 Å². The van der Waals surface area contributed by atoms with E-state index in [9.17, 15) is 19.7 Å². The van der Waals surface area contributed by atoms with Gasteiger partial charge in [-0.05, 0) is 66.7 Å². The van der Waals surface area contributed by atoms with Crippen molar-refractivity contribution in [2.24, 2.45) is 0 Å². The van der Waals surface area contributed by atoms with E-state index in [0.717, 1.165) is 0 Å². The molecule has 0 radical (unpaired) electrons. The first kappa shape index (κ1) is 25.6. The maximum Gasteiger partial charge on any atom is 0.415 e. The van der Waals surface area contributed by atoms with Crippen LogP contribution in [0.2, 0.25) is 0 Å². The van der Waals surface area contributed by atoms with Crippen LogP contribution < -0.4 is 10.1 Å². The van der Waals surface area contributed by atoms with Crippen LogP contribution in [0.4, 0.5) is 21.1 Å². The van der Waals surface area contributed by atoms with E-state index in [-0.39, 0.29) is 28.5 Å². The third-order valence-electron chi connectivity index (χ3n) is 4.37. The zero-order valence-corrected chi connectivity index (χ0v) is 20.0. The number of nitrogens with zero attached hydrogens (tertiary/aromatic N) is 3. The summed E-state index contributed by atoms with van der Waals surface area (Å²) in [6.07, 6.45) is -1.29. The van der Waals surface area contributed by atoms with E-state index in [1.165, 1.54) is 23.1 Å². The molecule has 2 amide bonds. The van der Waals surface area contributed by atoms with Gasteiger partial charge < -0.3 is 14.4 Å². The van der Waals surface area contributed by atoms with Crippen LogP contribution in [0.1, 0.15) is 48.5 Å². The number of carbonyl (C=O) groups is 2. The minimum atomic E-state index is -0.693. The van der Waals surface area contributed by atoms with Crippen LogP contribution in [0, 0.1) is 10.1 Å². The van der Waals surface area contributed by atoms with Gasteiger partial charge in [-0.2, -0.15) is 0 Å². The number of aromatic nitrogens is 1. The molecule has 2 rings (SSSR count). The lowest BCUT2D eigenvalue weighted by Gasteiger charge is -2.33. The molecule has 0 unspecified atom stereocenters. The number of anilines is 1. The first-order valence-corrected chi connectivity index (χ1v) is 10.5. The fourth-order valence-electron chi connectivity index (χ4n) is 3.01. The Bertz CT molecular complexity index is 1040. The Hall–Kier alpha value is -3.69. The second-order valence-corrected chi connectivity index (χ2v) is 9.26. The molecule has 1 N–H and O–H groups in total. The molecule has 0 aliphatic carbocycles. The molecule has 1 aromatic heterocycles. The molecule has 0 saturated heterocycles. The highest BCUT2D eigenvalue weighted by Crippen LogP contribution is 2.34. The van der Waals surface area contributed by atoms with Gasteiger partial charge in [-0.3, -0.25) is 15.4 Å². The summed E-state index contributed by atoms with van der Waals surface area (Å²) in [6, 6.07) is 8.65. The van der Waals surface area contributed by atoms with Gasteiger partial charge in [0, 0.05) is 29.8 Å². The lowest BCUT2D eigenvalue weighted by Crippen LogP contribution is -2.46. The molecule has 0 fully saturated rings. The van der Waals surface area contributed by atoms with Gasteiger partial charge in [0.15, 0.2) is 0 Å². The number of non-ortho nitro benzene ring substituents is 1. The number of hydrogen-bond acceptors (Lipinski definition) is 7. The fourth-order valence-corrected chi connectivity index (χ4v) is 3.01. The van der Waals surface area contributed by atoms with E-state index in [1.807, 2.05) is 27.7 Å². The fraction of sp³-hybridized carbons (Fsp3) is 0.435. The highest BCUT2D eigenvalue weighted by molar-refractivity contribution is 5.84.